The third-order valence-electron chi connectivity index (χ3n) is 4.27. The van der Waals surface area contributed by atoms with Crippen molar-refractivity contribution in [1.29, 1.82) is 0 Å². The summed E-state index contributed by atoms with van der Waals surface area (Å²) in [5, 5.41) is 4.17. The average Bonchev–Trinajstić information content (AvgIpc) is 2.92. The fraction of sp³-hybridized carbons (Fsp3) is 0.412. The number of benzene rings is 1. The van der Waals surface area contributed by atoms with Gasteiger partial charge in [-0.1, -0.05) is 12.1 Å². The first-order valence-corrected chi connectivity index (χ1v) is 7.68. The van der Waals surface area contributed by atoms with Crippen LogP contribution in [0.5, 0.6) is 0 Å². The van der Waals surface area contributed by atoms with Crippen LogP contribution in [-0.2, 0) is 11.3 Å². The molecule has 1 atom stereocenters. The van der Waals surface area contributed by atoms with Crippen molar-refractivity contribution in [1.82, 2.24) is 14.7 Å². The van der Waals surface area contributed by atoms with Crippen molar-refractivity contribution >= 4 is 5.91 Å². The van der Waals surface area contributed by atoms with Crippen molar-refractivity contribution in [3.8, 4) is 0 Å². The van der Waals surface area contributed by atoms with Gasteiger partial charge < -0.3 is 4.90 Å². The summed E-state index contributed by atoms with van der Waals surface area (Å²) in [5.41, 5.74) is 1.85. The van der Waals surface area contributed by atoms with Gasteiger partial charge >= 0.3 is 0 Å². The number of hydrogen-bond acceptors (Lipinski definition) is 2. The Hall–Kier alpha value is -2.17. The Bertz CT molecular complexity index is 667. The van der Waals surface area contributed by atoms with Crippen LogP contribution in [0.15, 0.2) is 36.5 Å². The minimum absolute atomic E-state index is 0.0344. The summed E-state index contributed by atoms with van der Waals surface area (Å²) >= 11 is 0. The number of rotatable bonds is 3. The normalized spacial score (nSPS) is 18.5. The SMILES string of the molecule is Cc1ccnn1CC(=O)N1CCCC[C@@H]1c1cccc(F)c1. The molecule has 22 heavy (non-hydrogen) atoms. The van der Waals surface area contributed by atoms with Crippen LogP contribution in [0.25, 0.3) is 0 Å². The molecular weight excluding hydrogens is 281 g/mol. The molecule has 116 valence electrons. The van der Waals surface area contributed by atoms with Gasteiger partial charge in [0.05, 0.1) is 6.04 Å². The number of aryl methyl sites for hydroxylation is 1. The zero-order valence-electron chi connectivity index (χ0n) is 12.7. The molecule has 1 aliphatic rings. The summed E-state index contributed by atoms with van der Waals surface area (Å²) in [7, 11) is 0. The van der Waals surface area contributed by atoms with Gasteiger partial charge in [-0.3, -0.25) is 9.48 Å². The summed E-state index contributed by atoms with van der Waals surface area (Å²) < 4.78 is 15.2. The van der Waals surface area contributed by atoms with Crippen molar-refractivity contribution in [2.75, 3.05) is 6.54 Å². The van der Waals surface area contributed by atoms with Crippen molar-refractivity contribution in [3.05, 3.63) is 53.6 Å². The van der Waals surface area contributed by atoms with E-state index in [1.54, 1.807) is 16.9 Å². The van der Waals surface area contributed by atoms with E-state index in [9.17, 15) is 9.18 Å². The van der Waals surface area contributed by atoms with E-state index in [1.165, 1.54) is 12.1 Å². The first kappa shape index (κ1) is 14.8. The topological polar surface area (TPSA) is 38.1 Å². The third-order valence-corrected chi connectivity index (χ3v) is 4.27. The van der Waals surface area contributed by atoms with E-state index in [-0.39, 0.29) is 24.3 Å². The van der Waals surface area contributed by atoms with Gasteiger partial charge in [-0.15, -0.1) is 0 Å². The smallest absolute Gasteiger partial charge is 0.244 e. The van der Waals surface area contributed by atoms with Gasteiger partial charge in [0.1, 0.15) is 12.4 Å². The second kappa shape index (κ2) is 6.30. The van der Waals surface area contributed by atoms with Crippen molar-refractivity contribution in [2.24, 2.45) is 0 Å². The predicted molar refractivity (Wildman–Crippen MR) is 81.7 cm³/mol. The highest BCUT2D eigenvalue weighted by Crippen LogP contribution is 2.31. The fourth-order valence-electron chi connectivity index (χ4n) is 3.07. The molecule has 0 radical (unpaired) electrons. The highest BCUT2D eigenvalue weighted by atomic mass is 19.1. The van der Waals surface area contributed by atoms with Crippen molar-refractivity contribution in [2.45, 2.75) is 38.8 Å². The lowest BCUT2D eigenvalue weighted by molar-refractivity contribution is -0.136. The average molecular weight is 301 g/mol. The number of nitrogens with zero attached hydrogens (tertiary/aromatic N) is 3. The van der Waals surface area contributed by atoms with Gasteiger partial charge in [-0.05, 0) is 49.9 Å². The molecule has 4 nitrogen and oxygen atoms in total. The number of carbonyl (C=O) groups excluding carboxylic acids is 1. The van der Waals surface area contributed by atoms with E-state index < -0.39 is 0 Å². The van der Waals surface area contributed by atoms with Gasteiger partial charge in [0, 0.05) is 18.4 Å². The molecule has 1 aromatic heterocycles. The number of piperidine rings is 1. The monoisotopic (exact) mass is 301 g/mol. The minimum atomic E-state index is -0.251. The molecule has 0 saturated carbocycles. The predicted octanol–water partition coefficient (Wildman–Crippen LogP) is 3.08. The number of hydrogen-bond donors (Lipinski definition) is 0. The molecular formula is C17H20FN3O. The second-order valence-corrected chi connectivity index (χ2v) is 5.78. The number of likely N-dealkylation sites (tertiary alicyclic amines) is 1. The molecule has 1 fully saturated rings. The van der Waals surface area contributed by atoms with E-state index in [2.05, 4.69) is 5.10 Å². The molecule has 0 aliphatic carbocycles. The molecule has 0 N–H and O–H groups in total. The molecule has 3 rings (SSSR count). The highest BCUT2D eigenvalue weighted by molar-refractivity contribution is 5.76. The van der Waals surface area contributed by atoms with E-state index in [1.807, 2.05) is 24.0 Å². The fourth-order valence-corrected chi connectivity index (χ4v) is 3.07. The number of halogens is 1. The quantitative estimate of drug-likeness (QED) is 0.874. The van der Waals surface area contributed by atoms with E-state index in [0.29, 0.717) is 0 Å². The lowest BCUT2D eigenvalue weighted by Gasteiger charge is -2.36. The molecule has 0 spiro atoms. The van der Waals surface area contributed by atoms with Crippen LogP contribution in [0.1, 0.15) is 36.6 Å². The molecule has 1 saturated heterocycles. The van der Waals surface area contributed by atoms with Gasteiger partial charge in [0.25, 0.3) is 0 Å². The van der Waals surface area contributed by atoms with Crippen molar-refractivity contribution < 1.29 is 9.18 Å². The largest absolute Gasteiger partial charge is 0.334 e. The third kappa shape index (κ3) is 3.03. The molecule has 1 aliphatic heterocycles. The van der Waals surface area contributed by atoms with Gasteiger partial charge in [0.15, 0.2) is 0 Å². The van der Waals surface area contributed by atoms with Crippen LogP contribution >= 0.6 is 0 Å². The molecule has 5 heteroatoms. The Labute approximate surface area is 129 Å². The zero-order valence-corrected chi connectivity index (χ0v) is 12.7. The molecule has 1 aromatic carbocycles. The summed E-state index contributed by atoms with van der Waals surface area (Å²) in [6.07, 6.45) is 4.64. The standard InChI is InChI=1S/C17H20FN3O/c1-13-8-9-19-21(13)12-17(22)20-10-3-2-7-16(20)14-5-4-6-15(18)11-14/h4-6,8-9,11,16H,2-3,7,10,12H2,1H3/t16-/m1/s1. The molecule has 0 unspecified atom stereocenters. The van der Waals surface area contributed by atoms with Crippen LogP contribution in [0.2, 0.25) is 0 Å². The Balaban J connectivity index is 1.80. The van der Waals surface area contributed by atoms with Crippen LogP contribution in [0.3, 0.4) is 0 Å². The Morgan fingerprint density at radius 3 is 2.95 bits per heavy atom. The minimum Gasteiger partial charge on any atom is -0.334 e. The number of aromatic nitrogens is 2. The molecule has 2 aromatic rings. The van der Waals surface area contributed by atoms with Crippen LogP contribution in [0, 0.1) is 12.7 Å². The zero-order chi connectivity index (χ0) is 15.5. The van der Waals surface area contributed by atoms with E-state index in [0.717, 1.165) is 37.1 Å². The maximum atomic E-state index is 13.5. The first-order valence-electron chi connectivity index (χ1n) is 7.68. The van der Waals surface area contributed by atoms with Gasteiger partial charge in [-0.25, -0.2) is 4.39 Å². The maximum Gasteiger partial charge on any atom is 0.244 e. The maximum absolute atomic E-state index is 13.5. The lowest BCUT2D eigenvalue weighted by atomic mass is 9.95. The Kier molecular flexibility index (Phi) is 4.22. The molecule has 0 bridgehead atoms. The van der Waals surface area contributed by atoms with E-state index >= 15 is 0 Å². The summed E-state index contributed by atoms with van der Waals surface area (Å²) in [5.74, 6) is -0.209. The molecule has 1 amide bonds. The molecule has 2 heterocycles. The first-order chi connectivity index (χ1) is 10.6. The van der Waals surface area contributed by atoms with Crippen LogP contribution < -0.4 is 0 Å². The van der Waals surface area contributed by atoms with Gasteiger partial charge in [0.2, 0.25) is 5.91 Å². The Morgan fingerprint density at radius 1 is 1.36 bits per heavy atom. The number of carbonyl (C=O) groups is 1. The summed E-state index contributed by atoms with van der Waals surface area (Å²) in [6, 6.07) is 8.43. The van der Waals surface area contributed by atoms with Crippen molar-refractivity contribution in [3.63, 3.8) is 0 Å². The number of amides is 1. The lowest BCUT2D eigenvalue weighted by Crippen LogP contribution is -2.40. The second-order valence-electron chi connectivity index (χ2n) is 5.78. The summed E-state index contributed by atoms with van der Waals surface area (Å²) in [4.78, 5) is 14.5. The summed E-state index contributed by atoms with van der Waals surface area (Å²) in [6.45, 7) is 2.89. The van der Waals surface area contributed by atoms with Crippen LogP contribution in [-0.4, -0.2) is 27.1 Å². The highest BCUT2D eigenvalue weighted by Gasteiger charge is 2.28. The van der Waals surface area contributed by atoms with Gasteiger partial charge in [-0.2, -0.15) is 5.10 Å². The van der Waals surface area contributed by atoms with E-state index in [4.69, 9.17) is 0 Å². The van der Waals surface area contributed by atoms with Crippen LogP contribution in [0.4, 0.5) is 4.39 Å². The Morgan fingerprint density at radius 2 is 2.23 bits per heavy atom.